The van der Waals surface area contributed by atoms with Gasteiger partial charge in [-0.1, -0.05) is 29.3 Å². The number of fused-ring (bicyclic) bond motifs is 1. The molecule has 0 fully saturated rings. The minimum Gasteiger partial charge on any atom is -0.477 e. The molecule has 2 aromatic heterocycles. The zero-order chi connectivity index (χ0) is 23.9. The summed E-state index contributed by atoms with van der Waals surface area (Å²) in [4.78, 5) is 24.8. The van der Waals surface area contributed by atoms with Crippen LogP contribution in [0.3, 0.4) is 0 Å². The number of hydrogen-bond donors (Lipinski definition) is 1. The molecule has 0 radical (unpaired) electrons. The van der Waals surface area contributed by atoms with Crippen LogP contribution in [0.2, 0.25) is 10.0 Å². The third-order valence-corrected chi connectivity index (χ3v) is 6.28. The van der Waals surface area contributed by atoms with Crippen molar-refractivity contribution >= 4 is 29.2 Å². The van der Waals surface area contributed by atoms with Crippen LogP contribution in [-0.4, -0.2) is 32.0 Å². The average Bonchev–Trinajstić information content (AvgIpc) is 3.13. The third kappa shape index (κ3) is 4.28. The second-order valence-corrected chi connectivity index (χ2v) is 8.29. The predicted octanol–water partition coefficient (Wildman–Crippen LogP) is 4.80. The van der Waals surface area contributed by atoms with Gasteiger partial charge in [0.15, 0.2) is 5.43 Å². The molecule has 0 unspecified atom stereocenters. The van der Waals surface area contributed by atoms with Crippen molar-refractivity contribution in [3.8, 4) is 11.3 Å². The fourth-order valence-electron chi connectivity index (χ4n) is 4.12. The first kappa shape index (κ1) is 23.4. The van der Waals surface area contributed by atoms with Gasteiger partial charge < -0.3 is 14.4 Å². The molecule has 0 saturated heterocycles. The van der Waals surface area contributed by atoms with Crippen molar-refractivity contribution < 1.29 is 23.4 Å². The first-order valence-electron chi connectivity index (χ1n) is 10.1. The van der Waals surface area contributed by atoms with Crippen molar-refractivity contribution in [1.82, 2.24) is 14.3 Å². The highest BCUT2D eigenvalue weighted by molar-refractivity contribution is 6.42. The molecule has 33 heavy (non-hydrogen) atoms. The average molecular weight is 498 g/mol. The first-order chi connectivity index (χ1) is 15.7. The number of alkyl halides is 2. The predicted molar refractivity (Wildman–Crippen MR) is 118 cm³/mol. The molecule has 3 aromatic rings. The van der Waals surface area contributed by atoms with Crippen molar-refractivity contribution in [2.45, 2.75) is 39.5 Å². The fourth-order valence-corrected chi connectivity index (χ4v) is 4.42. The second-order valence-electron chi connectivity index (χ2n) is 7.47. The van der Waals surface area contributed by atoms with E-state index in [0.717, 1.165) is 6.07 Å². The summed E-state index contributed by atoms with van der Waals surface area (Å²) in [5.74, 6) is -1.41. The maximum atomic E-state index is 13.9. The van der Waals surface area contributed by atoms with Crippen molar-refractivity contribution in [2.24, 2.45) is 0 Å². The van der Waals surface area contributed by atoms with E-state index in [2.05, 4.69) is 5.10 Å². The topological polar surface area (TPSA) is 86.4 Å². The summed E-state index contributed by atoms with van der Waals surface area (Å²) in [6.07, 6.45) is -2.38. The van der Waals surface area contributed by atoms with Gasteiger partial charge in [0.2, 0.25) is 0 Å². The molecule has 1 aromatic carbocycles. The zero-order valence-electron chi connectivity index (χ0n) is 17.4. The highest BCUT2D eigenvalue weighted by atomic mass is 35.5. The van der Waals surface area contributed by atoms with Gasteiger partial charge in [-0.2, -0.15) is 5.10 Å². The molecule has 7 nitrogen and oxygen atoms in total. The fraction of sp³-hybridized carbons (Fsp3) is 0.318. The van der Waals surface area contributed by atoms with E-state index in [9.17, 15) is 23.5 Å². The minimum absolute atomic E-state index is 0.0437. The van der Waals surface area contributed by atoms with Gasteiger partial charge in [0, 0.05) is 35.9 Å². The summed E-state index contributed by atoms with van der Waals surface area (Å²) in [5.41, 5.74) is 0.245. The van der Waals surface area contributed by atoms with Crippen LogP contribution in [0.1, 0.15) is 46.4 Å². The lowest BCUT2D eigenvalue weighted by molar-refractivity contribution is 0.0695. The van der Waals surface area contributed by atoms with Gasteiger partial charge in [-0.3, -0.25) is 9.48 Å². The van der Waals surface area contributed by atoms with Crippen LogP contribution in [0.5, 0.6) is 0 Å². The normalized spacial score (nSPS) is 13.4. The molecular weight excluding hydrogens is 479 g/mol. The number of halogens is 4. The van der Waals surface area contributed by atoms with Crippen LogP contribution in [0, 0.1) is 0 Å². The number of rotatable bonds is 6. The van der Waals surface area contributed by atoms with E-state index in [0.29, 0.717) is 35.5 Å². The molecule has 0 saturated carbocycles. The van der Waals surface area contributed by atoms with Crippen LogP contribution in [0.4, 0.5) is 8.78 Å². The monoisotopic (exact) mass is 497 g/mol. The van der Waals surface area contributed by atoms with Crippen molar-refractivity contribution in [1.29, 1.82) is 0 Å². The van der Waals surface area contributed by atoms with E-state index in [4.69, 9.17) is 27.9 Å². The molecule has 0 bridgehead atoms. The Bertz CT molecular complexity index is 1300. The first-order valence-corrected chi connectivity index (χ1v) is 10.9. The number of nitrogens with zero attached hydrogens (tertiary/aromatic N) is 3. The van der Waals surface area contributed by atoms with Crippen molar-refractivity contribution in [2.75, 3.05) is 6.61 Å². The molecule has 0 atom stereocenters. The summed E-state index contributed by atoms with van der Waals surface area (Å²) in [6.45, 7) is 2.31. The van der Waals surface area contributed by atoms with Crippen LogP contribution in [0.15, 0.2) is 29.1 Å². The molecular formula is C22H19Cl2F2N3O4. The highest BCUT2D eigenvalue weighted by Crippen LogP contribution is 2.32. The van der Waals surface area contributed by atoms with Gasteiger partial charge in [0.1, 0.15) is 11.3 Å². The quantitative estimate of drug-likeness (QED) is 0.528. The Balaban J connectivity index is 1.93. The van der Waals surface area contributed by atoms with Crippen molar-refractivity contribution in [3.05, 3.63) is 72.7 Å². The minimum atomic E-state index is -2.79. The number of hydrogen-bond acceptors (Lipinski definition) is 4. The SMILES string of the molecule is CCn1c(Cn2nc3c(c2C(F)F)COCC3)cc(=O)c(C(=O)O)c1-c1ccc(Cl)c(Cl)c1. The van der Waals surface area contributed by atoms with Gasteiger partial charge in [0.05, 0.1) is 41.2 Å². The molecule has 1 N–H and O–H groups in total. The number of pyridine rings is 1. The Hall–Kier alpha value is -2.75. The number of aromatic carboxylic acids is 1. The van der Waals surface area contributed by atoms with Gasteiger partial charge in [-0.25, -0.2) is 13.6 Å². The summed E-state index contributed by atoms with van der Waals surface area (Å²) in [5, 5.41) is 14.6. The Morgan fingerprint density at radius 1 is 1.27 bits per heavy atom. The lowest BCUT2D eigenvalue weighted by Crippen LogP contribution is -2.25. The Morgan fingerprint density at radius 2 is 2.03 bits per heavy atom. The molecule has 1 aliphatic rings. The molecule has 0 amide bonds. The maximum Gasteiger partial charge on any atom is 0.341 e. The third-order valence-electron chi connectivity index (χ3n) is 5.55. The maximum absolute atomic E-state index is 13.9. The van der Waals surface area contributed by atoms with E-state index in [1.807, 2.05) is 0 Å². The molecule has 1 aliphatic heterocycles. The van der Waals surface area contributed by atoms with Crippen LogP contribution >= 0.6 is 23.2 Å². The van der Waals surface area contributed by atoms with Crippen LogP contribution in [0.25, 0.3) is 11.3 Å². The second kappa shape index (κ2) is 9.24. The molecule has 0 aliphatic carbocycles. The Kier molecular flexibility index (Phi) is 6.56. The number of carboxylic acids is 1. The summed E-state index contributed by atoms with van der Waals surface area (Å²) < 4.78 is 35.9. The van der Waals surface area contributed by atoms with Crippen LogP contribution in [-0.2, 0) is 30.9 Å². The molecule has 174 valence electrons. The van der Waals surface area contributed by atoms with Gasteiger partial charge in [0.25, 0.3) is 6.43 Å². The Morgan fingerprint density at radius 3 is 2.67 bits per heavy atom. The summed E-state index contributed by atoms with van der Waals surface area (Å²) >= 11 is 12.1. The molecule has 4 rings (SSSR count). The molecule has 3 heterocycles. The number of benzene rings is 1. The van der Waals surface area contributed by atoms with Gasteiger partial charge >= 0.3 is 5.97 Å². The molecule has 0 spiro atoms. The van der Waals surface area contributed by atoms with E-state index in [-0.39, 0.29) is 41.1 Å². The van der Waals surface area contributed by atoms with Gasteiger partial charge in [-0.05, 0) is 19.1 Å². The van der Waals surface area contributed by atoms with Gasteiger partial charge in [-0.15, -0.1) is 0 Å². The molecule has 11 heteroatoms. The highest BCUT2D eigenvalue weighted by Gasteiger charge is 2.28. The number of ether oxygens (including phenoxy) is 1. The Labute approximate surface area is 197 Å². The lowest BCUT2D eigenvalue weighted by Gasteiger charge is -2.20. The van der Waals surface area contributed by atoms with E-state index in [1.54, 1.807) is 17.6 Å². The van der Waals surface area contributed by atoms with Crippen molar-refractivity contribution in [3.63, 3.8) is 0 Å². The standard InChI is InChI=1S/C22H19Cl2F2N3O4/c1-2-28-12(9-29-20(21(25)26)13-10-33-6-5-16(13)27-29)8-17(30)18(22(31)32)19(28)11-3-4-14(23)15(24)7-11/h3-4,7-8,21H,2,5-6,9-10H2,1H3,(H,31,32). The van der Waals surface area contributed by atoms with E-state index in [1.165, 1.54) is 16.8 Å². The lowest BCUT2D eigenvalue weighted by atomic mass is 10.0. The van der Waals surface area contributed by atoms with E-state index >= 15 is 0 Å². The largest absolute Gasteiger partial charge is 0.477 e. The van der Waals surface area contributed by atoms with E-state index < -0.39 is 23.4 Å². The number of carbonyl (C=O) groups is 1. The zero-order valence-corrected chi connectivity index (χ0v) is 19.0. The number of aromatic nitrogens is 3. The smallest absolute Gasteiger partial charge is 0.341 e. The summed E-state index contributed by atoms with van der Waals surface area (Å²) in [7, 11) is 0. The van der Waals surface area contributed by atoms with Crippen LogP contribution < -0.4 is 5.43 Å². The summed E-state index contributed by atoms with van der Waals surface area (Å²) in [6, 6.07) is 5.67. The number of carboxylic acid groups (broad SMARTS) is 1.